The second kappa shape index (κ2) is 4.96. The summed E-state index contributed by atoms with van der Waals surface area (Å²) in [5.41, 5.74) is 8.51. The highest BCUT2D eigenvalue weighted by atomic mass is 127. The molecular formula is C17H15IN2O2. The lowest BCUT2D eigenvalue weighted by atomic mass is 9.73. The summed E-state index contributed by atoms with van der Waals surface area (Å²) in [6, 6.07) is 10.1. The van der Waals surface area contributed by atoms with E-state index in [2.05, 4.69) is 39.7 Å². The van der Waals surface area contributed by atoms with E-state index >= 15 is 0 Å². The minimum Gasteiger partial charge on any atom is -0.449 e. The normalized spacial score (nSPS) is 16.6. The Kier molecular flexibility index (Phi) is 3.16. The quantitative estimate of drug-likeness (QED) is 0.638. The second-order valence-electron chi connectivity index (χ2n) is 5.88. The molecule has 4 rings (SSSR count). The van der Waals surface area contributed by atoms with Gasteiger partial charge < -0.3 is 15.1 Å². The standard InChI is InChI=1S/C17H15IN2O2/c18-13-12-6-9-20-16(21)15(12)22-14(13)10-2-4-11(5-3-10)17(19)7-1-8-17/h2-6,9H,1,7-8,19H2,(H,20,21). The maximum Gasteiger partial charge on any atom is 0.291 e. The van der Waals surface area contributed by atoms with E-state index in [1.165, 1.54) is 12.0 Å². The molecule has 0 atom stereocenters. The molecule has 0 radical (unpaired) electrons. The first-order chi connectivity index (χ1) is 10.6. The van der Waals surface area contributed by atoms with Crippen LogP contribution in [0.2, 0.25) is 0 Å². The first-order valence-corrected chi connectivity index (χ1v) is 8.36. The zero-order valence-electron chi connectivity index (χ0n) is 11.9. The van der Waals surface area contributed by atoms with Gasteiger partial charge in [0.2, 0.25) is 5.58 Å². The smallest absolute Gasteiger partial charge is 0.291 e. The van der Waals surface area contributed by atoms with E-state index < -0.39 is 0 Å². The van der Waals surface area contributed by atoms with E-state index in [0.717, 1.165) is 33.1 Å². The highest BCUT2D eigenvalue weighted by Gasteiger charge is 2.34. The highest BCUT2D eigenvalue weighted by Crippen LogP contribution is 2.40. The summed E-state index contributed by atoms with van der Waals surface area (Å²) in [5.74, 6) is 0.735. The lowest BCUT2D eigenvalue weighted by Gasteiger charge is -2.38. The van der Waals surface area contributed by atoms with Crippen molar-refractivity contribution >= 4 is 33.6 Å². The average Bonchev–Trinajstić information content (AvgIpc) is 2.84. The van der Waals surface area contributed by atoms with Crippen LogP contribution in [0.4, 0.5) is 0 Å². The van der Waals surface area contributed by atoms with Crippen LogP contribution in [0.25, 0.3) is 22.3 Å². The van der Waals surface area contributed by atoms with Crippen LogP contribution in [0.3, 0.4) is 0 Å². The summed E-state index contributed by atoms with van der Waals surface area (Å²) in [5, 5.41) is 0.845. The number of rotatable bonds is 2. The van der Waals surface area contributed by atoms with Crippen LogP contribution < -0.4 is 11.3 Å². The van der Waals surface area contributed by atoms with Crippen molar-refractivity contribution < 1.29 is 4.42 Å². The Bertz CT molecular complexity index is 905. The van der Waals surface area contributed by atoms with Crippen molar-refractivity contribution in [1.29, 1.82) is 0 Å². The predicted molar refractivity (Wildman–Crippen MR) is 94.7 cm³/mol. The van der Waals surface area contributed by atoms with Gasteiger partial charge in [-0.15, -0.1) is 0 Å². The molecule has 3 N–H and O–H groups in total. The molecule has 1 aliphatic carbocycles. The van der Waals surface area contributed by atoms with E-state index in [9.17, 15) is 4.79 Å². The summed E-state index contributed by atoms with van der Waals surface area (Å²) in [4.78, 5) is 14.5. The molecule has 0 unspecified atom stereocenters. The Morgan fingerprint density at radius 2 is 1.91 bits per heavy atom. The van der Waals surface area contributed by atoms with Crippen LogP contribution in [0.5, 0.6) is 0 Å². The molecule has 1 aliphatic rings. The number of nitrogens with two attached hydrogens (primary N) is 1. The topological polar surface area (TPSA) is 72.0 Å². The number of nitrogens with one attached hydrogen (secondary N) is 1. The van der Waals surface area contributed by atoms with Crippen LogP contribution in [0.1, 0.15) is 24.8 Å². The first-order valence-electron chi connectivity index (χ1n) is 7.28. The number of hydrogen-bond donors (Lipinski definition) is 2. The van der Waals surface area contributed by atoms with Crippen molar-refractivity contribution in [2.45, 2.75) is 24.8 Å². The van der Waals surface area contributed by atoms with Crippen molar-refractivity contribution in [2.75, 3.05) is 0 Å². The summed E-state index contributed by atoms with van der Waals surface area (Å²) >= 11 is 2.23. The highest BCUT2D eigenvalue weighted by molar-refractivity contribution is 14.1. The van der Waals surface area contributed by atoms with E-state index in [-0.39, 0.29) is 11.1 Å². The molecule has 22 heavy (non-hydrogen) atoms. The number of aromatic nitrogens is 1. The van der Waals surface area contributed by atoms with E-state index in [1.807, 2.05) is 18.2 Å². The number of halogens is 1. The van der Waals surface area contributed by atoms with Crippen molar-refractivity contribution in [3.63, 3.8) is 0 Å². The summed E-state index contributed by atoms with van der Waals surface area (Å²) in [6.07, 6.45) is 4.93. The fourth-order valence-electron chi connectivity index (χ4n) is 2.99. The molecule has 5 heteroatoms. The number of H-pyrrole nitrogens is 1. The molecular weight excluding hydrogens is 391 g/mol. The second-order valence-corrected chi connectivity index (χ2v) is 6.96. The fraction of sp³-hybridized carbons (Fsp3) is 0.235. The average molecular weight is 406 g/mol. The fourth-order valence-corrected chi connectivity index (χ4v) is 3.84. The summed E-state index contributed by atoms with van der Waals surface area (Å²) < 4.78 is 6.76. The van der Waals surface area contributed by atoms with Gasteiger partial charge in [-0.2, -0.15) is 0 Å². The van der Waals surface area contributed by atoms with Crippen molar-refractivity contribution in [1.82, 2.24) is 4.98 Å². The number of aromatic amines is 1. The Morgan fingerprint density at radius 3 is 2.50 bits per heavy atom. The van der Waals surface area contributed by atoms with Crippen molar-refractivity contribution in [3.05, 3.63) is 56.0 Å². The SMILES string of the molecule is NC1(c2ccc(-c3oc4c(=O)[nH]ccc4c3I)cc2)CCC1. The van der Waals surface area contributed by atoms with Gasteiger partial charge in [-0.1, -0.05) is 24.3 Å². The lowest BCUT2D eigenvalue weighted by Crippen LogP contribution is -2.43. The van der Waals surface area contributed by atoms with Crippen molar-refractivity contribution in [3.8, 4) is 11.3 Å². The van der Waals surface area contributed by atoms with E-state index in [0.29, 0.717) is 5.58 Å². The van der Waals surface area contributed by atoms with Crippen LogP contribution in [0.15, 0.2) is 45.7 Å². The first kappa shape index (κ1) is 14.0. The minimum atomic E-state index is -0.200. The molecule has 0 saturated heterocycles. The Morgan fingerprint density at radius 1 is 1.18 bits per heavy atom. The molecule has 1 aromatic carbocycles. The predicted octanol–water partition coefficient (Wildman–Crippen LogP) is 3.73. The molecule has 0 spiro atoms. The van der Waals surface area contributed by atoms with Crippen LogP contribution in [0, 0.1) is 3.57 Å². The van der Waals surface area contributed by atoms with Gasteiger partial charge in [-0.3, -0.25) is 4.79 Å². The van der Waals surface area contributed by atoms with E-state index in [1.54, 1.807) is 6.20 Å². The molecule has 0 aliphatic heterocycles. The monoisotopic (exact) mass is 406 g/mol. The number of pyridine rings is 1. The molecule has 4 nitrogen and oxygen atoms in total. The van der Waals surface area contributed by atoms with Crippen LogP contribution in [-0.4, -0.2) is 4.98 Å². The zero-order chi connectivity index (χ0) is 15.3. The van der Waals surface area contributed by atoms with Gasteiger partial charge >= 0.3 is 0 Å². The van der Waals surface area contributed by atoms with Gasteiger partial charge in [-0.25, -0.2) is 0 Å². The Labute approximate surface area is 140 Å². The summed E-state index contributed by atoms with van der Waals surface area (Å²) in [7, 11) is 0. The van der Waals surface area contributed by atoms with Crippen molar-refractivity contribution in [2.24, 2.45) is 5.73 Å². The number of fused-ring (bicyclic) bond motifs is 1. The Hall–Kier alpha value is -1.60. The van der Waals surface area contributed by atoms with Gasteiger partial charge in [0.25, 0.3) is 5.56 Å². The zero-order valence-corrected chi connectivity index (χ0v) is 14.0. The number of furan rings is 1. The maximum atomic E-state index is 11.8. The van der Waals surface area contributed by atoms with Gasteiger partial charge in [0.05, 0.1) is 3.57 Å². The molecule has 2 heterocycles. The third kappa shape index (κ3) is 2.03. The van der Waals surface area contributed by atoms with E-state index in [4.69, 9.17) is 10.2 Å². The molecule has 0 amide bonds. The molecule has 1 saturated carbocycles. The molecule has 2 aromatic heterocycles. The molecule has 1 fully saturated rings. The number of hydrogen-bond acceptors (Lipinski definition) is 3. The summed E-state index contributed by atoms with van der Waals surface area (Å²) in [6.45, 7) is 0. The largest absolute Gasteiger partial charge is 0.449 e. The van der Waals surface area contributed by atoms with Gasteiger partial charge in [0, 0.05) is 22.7 Å². The van der Waals surface area contributed by atoms with Gasteiger partial charge in [0.15, 0.2) is 0 Å². The lowest BCUT2D eigenvalue weighted by molar-refractivity contribution is 0.253. The molecule has 3 aromatic rings. The third-order valence-corrected chi connectivity index (χ3v) is 5.59. The third-order valence-electron chi connectivity index (χ3n) is 4.52. The number of benzene rings is 1. The van der Waals surface area contributed by atoms with Crippen LogP contribution in [-0.2, 0) is 5.54 Å². The van der Waals surface area contributed by atoms with Gasteiger partial charge in [0.1, 0.15) is 5.76 Å². The minimum absolute atomic E-state index is 0.156. The van der Waals surface area contributed by atoms with Gasteiger partial charge in [-0.05, 0) is 53.5 Å². The van der Waals surface area contributed by atoms with Crippen LogP contribution >= 0.6 is 22.6 Å². The molecule has 0 bridgehead atoms. The maximum absolute atomic E-state index is 11.8. The Balaban J connectivity index is 1.80. The molecule has 112 valence electrons.